The van der Waals surface area contributed by atoms with E-state index in [0.717, 1.165) is 28.7 Å². The number of aromatic nitrogens is 1. The Morgan fingerprint density at radius 1 is 1.00 bits per heavy atom. The minimum absolute atomic E-state index is 0.0456. The first-order chi connectivity index (χ1) is 17.1. The van der Waals surface area contributed by atoms with E-state index in [2.05, 4.69) is 27.3 Å². The number of aromatic hydroxyl groups is 1. The number of hydrogen-bond acceptors (Lipinski definition) is 4. The number of piperidine rings is 1. The molecule has 0 unspecified atom stereocenters. The summed E-state index contributed by atoms with van der Waals surface area (Å²) in [5, 5.41) is 14.5. The molecular weight excluding hydrogens is 436 g/mol. The van der Waals surface area contributed by atoms with Gasteiger partial charge in [0.25, 0.3) is 0 Å². The van der Waals surface area contributed by atoms with Crippen LogP contribution in [-0.2, 0) is 11.3 Å². The van der Waals surface area contributed by atoms with Crippen LogP contribution in [0, 0.1) is 0 Å². The normalized spacial score (nSPS) is 14.8. The molecule has 1 aliphatic heterocycles. The Kier molecular flexibility index (Phi) is 6.64. The summed E-state index contributed by atoms with van der Waals surface area (Å²) < 4.78 is 0. The van der Waals surface area contributed by atoms with Gasteiger partial charge in [-0.25, -0.2) is 4.99 Å². The van der Waals surface area contributed by atoms with Crippen molar-refractivity contribution in [1.29, 1.82) is 0 Å². The van der Waals surface area contributed by atoms with E-state index in [0.29, 0.717) is 17.0 Å². The smallest absolute Gasteiger partial charge is 0.221 e. The fourth-order valence-electron chi connectivity index (χ4n) is 4.75. The molecule has 3 N–H and O–H groups in total. The fourth-order valence-corrected chi connectivity index (χ4v) is 4.75. The van der Waals surface area contributed by atoms with Gasteiger partial charge in [0, 0.05) is 30.1 Å². The second-order valence-corrected chi connectivity index (χ2v) is 9.12. The number of anilines is 1. The average molecular weight is 467 g/mol. The van der Waals surface area contributed by atoms with Crippen molar-refractivity contribution < 1.29 is 9.90 Å². The maximum Gasteiger partial charge on any atom is 0.221 e. The maximum atomic E-state index is 11.5. The highest BCUT2D eigenvalue weighted by molar-refractivity contribution is 6.22. The lowest BCUT2D eigenvalue weighted by Crippen LogP contribution is -2.28. The standard InChI is InChI=1S/C29H30N4O2/c1-20(34)30-24-14-15-25-26(18-24)32-29(35)27(25)28(22-8-4-2-5-9-22)31-23-12-10-21(11-13-23)19-33-16-6-3-7-17-33/h2,4-5,8-15,18,32,35H,3,6-7,16-17,19H2,1H3,(H,30,34). The van der Waals surface area contributed by atoms with Crippen LogP contribution in [-0.4, -0.2) is 39.7 Å². The minimum Gasteiger partial charge on any atom is -0.494 e. The van der Waals surface area contributed by atoms with Crippen LogP contribution in [0.3, 0.4) is 0 Å². The molecule has 1 aliphatic rings. The Morgan fingerprint density at radius 3 is 2.46 bits per heavy atom. The highest BCUT2D eigenvalue weighted by atomic mass is 16.3. The number of nitrogens with one attached hydrogen (secondary N) is 2. The third-order valence-corrected chi connectivity index (χ3v) is 6.42. The third kappa shape index (κ3) is 5.28. The van der Waals surface area contributed by atoms with Crippen molar-refractivity contribution in [2.45, 2.75) is 32.7 Å². The van der Waals surface area contributed by atoms with Crippen LogP contribution in [0.15, 0.2) is 77.8 Å². The number of aliphatic imine (C=N–C) groups is 1. The van der Waals surface area contributed by atoms with E-state index < -0.39 is 0 Å². The van der Waals surface area contributed by atoms with E-state index in [1.807, 2.05) is 60.7 Å². The number of rotatable bonds is 6. The quantitative estimate of drug-likeness (QED) is 0.306. The van der Waals surface area contributed by atoms with Crippen molar-refractivity contribution in [2.24, 2.45) is 4.99 Å². The van der Waals surface area contributed by atoms with E-state index in [4.69, 9.17) is 4.99 Å². The zero-order chi connectivity index (χ0) is 24.2. The van der Waals surface area contributed by atoms with E-state index >= 15 is 0 Å². The molecule has 1 saturated heterocycles. The lowest BCUT2D eigenvalue weighted by molar-refractivity contribution is -0.114. The predicted molar refractivity (Wildman–Crippen MR) is 142 cm³/mol. The summed E-state index contributed by atoms with van der Waals surface area (Å²) in [7, 11) is 0. The summed E-state index contributed by atoms with van der Waals surface area (Å²) in [6.07, 6.45) is 3.90. The minimum atomic E-state index is -0.143. The molecule has 35 heavy (non-hydrogen) atoms. The van der Waals surface area contributed by atoms with Gasteiger partial charge in [0.1, 0.15) is 0 Å². The van der Waals surface area contributed by atoms with Gasteiger partial charge in [-0.1, -0.05) is 48.9 Å². The highest BCUT2D eigenvalue weighted by Crippen LogP contribution is 2.33. The number of nitrogens with zero attached hydrogens (tertiary/aromatic N) is 2. The lowest BCUT2D eigenvalue weighted by atomic mass is 10.0. The molecule has 0 atom stereocenters. The summed E-state index contributed by atoms with van der Waals surface area (Å²) >= 11 is 0. The van der Waals surface area contributed by atoms with Crippen LogP contribution in [0.2, 0.25) is 0 Å². The van der Waals surface area contributed by atoms with Gasteiger partial charge in [0.2, 0.25) is 5.91 Å². The van der Waals surface area contributed by atoms with Crippen LogP contribution in [0.5, 0.6) is 5.88 Å². The number of carbonyl (C=O) groups excluding carboxylic acids is 1. The number of likely N-dealkylation sites (tertiary alicyclic amines) is 1. The summed E-state index contributed by atoms with van der Waals surface area (Å²) in [6, 6.07) is 23.8. The largest absolute Gasteiger partial charge is 0.494 e. The van der Waals surface area contributed by atoms with E-state index in [1.165, 1.54) is 44.8 Å². The number of H-pyrrole nitrogens is 1. The maximum absolute atomic E-state index is 11.5. The van der Waals surface area contributed by atoms with E-state index in [1.54, 1.807) is 0 Å². The SMILES string of the molecule is CC(=O)Nc1ccc2c(C(=Nc3ccc(CN4CCCCC4)cc3)c3ccccc3)c(O)[nH]c2c1. The van der Waals surface area contributed by atoms with Crippen LogP contribution >= 0.6 is 0 Å². The number of aromatic amines is 1. The van der Waals surface area contributed by atoms with Gasteiger partial charge >= 0.3 is 0 Å². The molecule has 178 valence electrons. The second-order valence-electron chi connectivity index (χ2n) is 9.12. The molecule has 6 heteroatoms. The Bertz CT molecular complexity index is 1350. The fraction of sp³-hybridized carbons (Fsp3) is 0.241. The Balaban J connectivity index is 1.52. The van der Waals surface area contributed by atoms with E-state index in [9.17, 15) is 9.90 Å². The van der Waals surface area contributed by atoms with Gasteiger partial charge in [-0.2, -0.15) is 0 Å². The molecule has 0 radical (unpaired) electrons. The molecule has 5 rings (SSSR count). The Morgan fingerprint density at radius 2 is 1.74 bits per heavy atom. The zero-order valence-corrected chi connectivity index (χ0v) is 19.9. The summed E-state index contributed by atoms with van der Waals surface area (Å²) in [6.45, 7) is 4.78. The van der Waals surface area contributed by atoms with Gasteiger partial charge in [-0.3, -0.25) is 9.69 Å². The van der Waals surface area contributed by atoms with Crippen LogP contribution in [0.1, 0.15) is 42.9 Å². The number of benzene rings is 3. The van der Waals surface area contributed by atoms with Crippen LogP contribution < -0.4 is 5.32 Å². The van der Waals surface area contributed by atoms with E-state index in [-0.39, 0.29) is 11.8 Å². The second kappa shape index (κ2) is 10.2. The highest BCUT2D eigenvalue weighted by Gasteiger charge is 2.19. The molecule has 0 aliphatic carbocycles. The molecule has 1 aromatic heterocycles. The molecule has 3 aromatic carbocycles. The predicted octanol–water partition coefficient (Wildman–Crippen LogP) is 5.99. The van der Waals surface area contributed by atoms with Crippen molar-refractivity contribution in [2.75, 3.05) is 18.4 Å². The summed E-state index contributed by atoms with van der Waals surface area (Å²) in [4.78, 5) is 22.0. The first kappa shape index (κ1) is 22.9. The summed E-state index contributed by atoms with van der Waals surface area (Å²) in [5.41, 5.74) is 5.74. The van der Waals surface area contributed by atoms with Gasteiger partial charge in [0.05, 0.1) is 22.5 Å². The molecule has 1 amide bonds. The first-order valence-electron chi connectivity index (χ1n) is 12.1. The van der Waals surface area contributed by atoms with Crippen LogP contribution in [0.4, 0.5) is 11.4 Å². The molecule has 0 bridgehead atoms. The monoisotopic (exact) mass is 466 g/mol. The van der Waals surface area contributed by atoms with Crippen LogP contribution in [0.25, 0.3) is 10.9 Å². The van der Waals surface area contributed by atoms with Crippen molar-refractivity contribution in [1.82, 2.24) is 9.88 Å². The molecule has 4 aromatic rings. The van der Waals surface area contributed by atoms with Crippen molar-refractivity contribution in [3.8, 4) is 5.88 Å². The Hall–Kier alpha value is -3.90. The molecular formula is C29H30N4O2. The van der Waals surface area contributed by atoms with Gasteiger partial charge in [-0.05, 0) is 61.8 Å². The number of amides is 1. The van der Waals surface area contributed by atoms with Crippen molar-refractivity contribution >= 4 is 33.9 Å². The third-order valence-electron chi connectivity index (χ3n) is 6.42. The number of hydrogen-bond donors (Lipinski definition) is 3. The molecule has 2 heterocycles. The average Bonchev–Trinajstić information content (AvgIpc) is 3.19. The number of carbonyl (C=O) groups is 1. The molecule has 0 saturated carbocycles. The first-order valence-corrected chi connectivity index (χ1v) is 12.1. The van der Waals surface area contributed by atoms with Crippen molar-refractivity contribution in [3.63, 3.8) is 0 Å². The van der Waals surface area contributed by atoms with Crippen molar-refractivity contribution in [3.05, 3.63) is 89.5 Å². The summed E-state index contributed by atoms with van der Waals surface area (Å²) in [5.74, 6) is -0.0973. The Labute approximate surface area is 205 Å². The lowest BCUT2D eigenvalue weighted by Gasteiger charge is -2.26. The zero-order valence-electron chi connectivity index (χ0n) is 19.9. The number of fused-ring (bicyclic) bond motifs is 1. The molecule has 1 fully saturated rings. The molecule has 6 nitrogen and oxygen atoms in total. The van der Waals surface area contributed by atoms with Gasteiger partial charge in [-0.15, -0.1) is 0 Å². The topological polar surface area (TPSA) is 80.7 Å². The van der Waals surface area contributed by atoms with Gasteiger partial charge in [0.15, 0.2) is 5.88 Å². The van der Waals surface area contributed by atoms with Gasteiger partial charge < -0.3 is 15.4 Å². The molecule has 0 spiro atoms.